The molecule has 4 aromatic carbocycles. The van der Waals surface area contributed by atoms with Gasteiger partial charge in [0, 0.05) is 63.6 Å². The van der Waals surface area contributed by atoms with Crippen LogP contribution in [0.4, 0.5) is 9.59 Å². The molecule has 0 aliphatic rings. The molecule has 0 fully saturated rings. The Bertz CT molecular complexity index is 3330. The fourth-order valence-corrected chi connectivity index (χ4v) is 8.80. The Hall–Kier alpha value is -4.46. The summed E-state index contributed by atoms with van der Waals surface area (Å²) in [6.07, 6.45) is -1.66. The predicted octanol–water partition coefficient (Wildman–Crippen LogP) is -31.9. The quantitative estimate of drug-likeness (QED) is 0.0111. The summed E-state index contributed by atoms with van der Waals surface area (Å²) in [6, 6.07) is 20.8. The van der Waals surface area contributed by atoms with Gasteiger partial charge in [-0.15, -0.1) is 0 Å². The van der Waals surface area contributed by atoms with Crippen molar-refractivity contribution < 1.29 is 368 Å². The molecule has 0 aromatic heterocycles. The second kappa shape index (κ2) is 77.2. The molecular formula is C69H80N10Na8O27. The van der Waals surface area contributed by atoms with Crippen molar-refractivity contribution in [3.05, 3.63) is 150 Å². The van der Waals surface area contributed by atoms with Gasteiger partial charge in [-0.1, -0.05) is 103 Å². The number of urea groups is 2. The molecule has 114 heavy (non-hydrogen) atoms. The van der Waals surface area contributed by atoms with Crippen LogP contribution in [0.5, 0.6) is 5.75 Å². The molecule has 0 saturated carbocycles. The van der Waals surface area contributed by atoms with E-state index in [-0.39, 0.29) is 384 Å². The Kier molecular flexibility index (Phi) is 84.7. The van der Waals surface area contributed by atoms with Crippen LogP contribution < -0.4 is 320 Å². The Balaban J connectivity index is -0.000000288. The fourth-order valence-electron chi connectivity index (χ4n) is 8.80. The predicted molar refractivity (Wildman–Crippen MR) is 348 cm³/mol. The first-order valence-corrected chi connectivity index (χ1v) is 32.3. The summed E-state index contributed by atoms with van der Waals surface area (Å²) in [6.45, 7) is 4.02. The number of hydrogen-bond acceptors (Lipinski definition) is 27. The van der Waals surface area contributed by atoms with Gasteiger partial charge in [0.1, 0.15) is 17.8 Å². The number of aromatic hydroxyl groups is 1. The molecule has 0 aliphatic heterocycles. The normalized spacial score (nSPS) is 11.0. The van der Waals surface area contributed by atoms with E-state index in [1.54, 1.807) is 72.8 Å². The number of aryl methyl sites for hydroxylation is 1. The number of rotatable bonds is 46. The molecule has 0 heterocycles. The number of hydrogen-bond donors (Lipinski definition) is 11. The maximum Gasteiger partial charge on any atom is 1.00 e. The van der Waals surface area contributed by atoms with E-state index in [1.165, 1.54) is 24.3 Å². The van der Waals surface area contributed by atoms with Gasteiger partial charge in [0.15, 0.2) is 0 Å². The molecule has 37 nitrogen and oxygen atoms in total. The molecule has 11 N–H and O–H groups in total. The van der Waals surface area contributed by atoms with E-state index in [0.717, 1.165) is 24.2 Å². The maximum atomic E-state index is 13.2. The smallest absolute Gasteiger partial charge is 0.550 e. The van der Waals surface area contributed by atoms with Crippen molar-refractivity contribution in [3.63, 3.8) is 0 Å². The molecule has 10 amide bonds. The third-order valence-electron chi connectivity index (χ3n) is 14.0. The molecule has 4 aromatic rings. The molecule has 0 spiro atoms. The minimum Gasteiger partial charge on any atom is -0.550 e. The first-order valence-electron chi connectivity index (χ1n) is 32.3. The van der Waals surface area contributed by atoms with Crippen LogP contribution >= 0.6 is 0 Å². The third kappa shape index (κ3) is 64.5. The number of phenolic OH excluding ortho intramolecular Hbond substituents is 1. The van der Waals surface area contributed by atoms with Crippen molar-refractivity contribution in [2.75, 3.05) is 39.5 Å². The van der Waals surface area contributed by atoms with Crippen LogP contribution in [0.1, 0.15) is 92.0 Å². The van der Waals surface area contributed by atoms with Crippen LogP contribution in [-0.2, 0) is 112 Å². The van der Waals surface area contributed by atoms with Gasteiger partial charge >= 0.3 is 249 Å². The van der Waals surface area contributed by atoms with Gasteiger partial charge in [-0.25, -0.2) is 13.1 Å². The summed E-state index contributed by atoms with van der Waals surface area (Å²) in [7, 11) is 0. The molecular weight excluding hydrogens is 1580 g/mol. The Labute approximate surface area is 834 Å². The number of carboxylic acid groups (broad SMARTS) is 6. The van der Waals surface area contributed by atoms with E-state index >= 15 is 0 Å². The second-order valence-corrected chi connectivity index (χ2v) is 22.3. The minimum atomic E-state index is -1.62. The number of aliphatic carboxylic acids is 6. The van der Waals surface area contributed by atoms with Gasteiger partial charge in [-0.2, -0.15) is 32.0 Å². The molecule has 45 heteroatoms. The first-order chi connectivity index (χ1) is 50.5. The number of nitrogens with one attached hydrogen (secondary N) is 10. The number of phenols is 1. The number of benzene rings is 4. The van der Waals surface area contributed by atoms with Crippen molar-refractivity contribution in [1.82, 2.24) is 53.2 Å². The summed E-state index contributed by atoms with van der Waals surface area (Å²) in [5.41, 5.74) is 3.64. The summed E-state index contributed by atoms with van der Waals surface area (Å²) in [4.78, 5) is 199. The topological polar surface area (TPSA) is 605 Å². The van der Waals surface area contributed by atoms with Gasteiger partial charge in [0.2, 0.25) is 35.4 Å². The van der Waals surface area contributed by atoms with Crippen molar-refractivity contribution in [2.24, 2.45) is 0 Å². The number of ether oxygens (including phenoxy) is 2. The minimum absolute atomic E-state index is 0. The summed E-state index contributed by atoms with van der Waals surface area (Å²) >= 11 is 0. The van der Waals surface area contributed by atoms with Gasteiger partial charge in [0.25, 0.3) is 12.1 Å². The molecule has 0 bridgehead atoms. The fraction of sp³-hybridized carbons (Fsp3) is 0.391. The average Bonchev–Trinajstić information content (AvgIpc) is 0.869. The van der Waals surface area contributed by atoms with Crippen LogP contribution in [0.15, 0.2) is 109 Å². The van der Waals surface area contributed by atoms with Crippen LogP contribution in [-0.4, -0.2) is 176 Å². The molecule has 0 saturated heterocycles. The maximum absolute atomic E-state index is 13.2. The van der Waals surface area contributed by atoms with E-state index in [0.29, 0.717) is 16.7 Å². The van der Waals surface area contributed by atoms with E-state index in [4.69, 9.17) is 28.7 Å². The molecule has 576 valence electrons. The van der Waals surface area contributed by atoms with Crippen LogP contribution in [0, 0.1) is 20.0 Å². The van der Waals surface area contributed by atoms with Crippen LogP contribution in [0.2, 0.25) is 0 Å². The number of carboxylic acids is 6. The molecule has 4 rings (SSSR count). The van der Waals surface area contributed by atoms with Crippen molar-refractivity contribution in [1.29, 1.82) is 0 Å². The molecule has 0 radical (unpaired) electrons. The van der Waals surface area contributed by atoms with Crippen molar-refractivity contribution >= 4 is 95.6 Å². The van der Waals surface area contributed by atoms with E-state index in [9.17, 15) is 103 Å². The SMILES string of the molecule is Cc1ccc(C[C@H](NC(=O)[C@H](Cc2ccccc2)NC(=O)CCOCCNC(=O)CC[C@H](NC(=O)N[CH-]CCC(=O)[O-])C(=O)[O-])C(=O)[O-])cc1.O=C([O-])CC[CH-]NC(=O)N[C@@H](CCC(=O)NCCOCCC(=O)N[C@@H](Cc1ccccc1)C(=O)N[C@H](Cc1ccc(O)cc1)C(=O)[O-])C(=O)[O-].O=C=O.O=C=O.[Na+].[Na+].[Na+].[Na+].[Na+].[Na+].[Na+].[Na+]. The standard InChI is InChI=1S/C34H44N5O11.C33H42N5O12.2CO2.8Na/c1-22-9-11-24(12-10-22)21-27(33(47)48)38-31(44)26(20-23-6-3-2-4-7-23)37-29(41)15-18-50-19-17-35-28(40)14-13-25(32(45)46)39-34(49)36-16-5-8-30(42)43;39-23-10-8-22(9-11-23)20-26(32(47)48)37-30(44)25(19-21-5-2-1-3-6-21)36-28(41)14-17-50-18-16-34-27(40)13-12-24(31(45)46)38-33(49)35-15-4-7-29(42)43;2*2-1-3;;;;;;;;/h2-4,6-7,9-12,16,25-27H,5,8,13-15,17-21H2,1H3,(H,35,40)(H,37,41)(H,38,44)(H,42,43)(H,45,46)(H,47,48)(H2,36,39,49);1-3,5-6,8-11,15,24-26,39H,4,7,12-14,16-20H2,(H,34,40)(H,36,41)(H,37,44)(H,42,43)(H,45,46)(H,47,48)(H2,35,38,49);;;;;;;;;;/q2*-1;;;8*+1/p-6/t25-,26-,27-;24-,25-,26+;;;;;;;;;;/m00........../s1. The Morgan fingerprint density at radius 1 is 0.368 bits per heavy atom. The summed E-state index contributed by atoms with van der Waals surface area (Å²) < 4.78 is 10.8. The monoisotopic (exact) mass is 1660 g/mol. The van der Waals surface area contributed by atoms with E-state index in [2.05, 4.69) is 53.2 Å². The van der Waals surface area contributed by atoms with Crippen LogP contribution in [0.3, 0.4) is 0 Å². The molecule has 0 aliphatic carbocycles. The third-order valence-corrected chi connectivity index (χ3v) is 14.0. The number of carbonyl (C=O) groups excluding carboxylic acids is 18. The van der Waals surface area contributed by atoms with Gasteiger partial charge < -0.3 is 127 Å². The molecule has 0 unspecified atom stereocenters. The zero-order valence-corrected chi connectivity index (χ0v) is 81.2. The zero-order valence-electron chi connectivity index (χ0n) is 65.2. The molecule has 6 atom stereocenters. The average molecular weight is 1670 g/mol. The summed E-state index contributed by atoms with van der Waals surface area (Å²) in [5, 5.41) is 100. The number of carbonyl (C=O) groups is 14. The first kappa shape index (κ1) is 125. The second-order valence-electron chi connectivity index (χ2n) is 22.3. The largest absolute Gasteiger partial charge is 1.00 e. The van der Waals surface area contributed by atoms with Gasteiger partial charge in [-0.3, -0.25) is 38.4 Å². The Morgan fingerprint density at radius 2 is 0.667 bits per heavy atom. The van der Waals surface area contributed by atoms with Gasteiger partial charge in [0.05, 0.1) is 74.5 Å². The summed E-state index contributed by atoms with van der Waals surface area (Å²) in [5.74, 6) is -12.5. The van der Waals surface area contributed by atoms with Crippen molar-refractivity contribution in [3.8, 4) is 5.75 Å². The van der Waals surface area contributed by atoms with Crippen LogP contribution in [0.25, 0.3) is 0 Å². The van der Waals surface area contributed by atoms with E-state index < -0.39 is 120 Å². The zero-order chi connectivity index (χ0) is 79.2. The van der Waals surface area contributed by atoms with E-state index in [1.807, 2.05) is 19.1 Å². The number of amides is 10. The van der Waals surface area contributed by atoms with Crippen molar-refractivity contribution in [2.45, 2.75) is 133 Å². The van der Waals surface area contributed by atoms with Gasteiger partial charge in [-0.05, 0) is 79.8 Å². The Morgan fingerprint density at radius 3 is 0.974 bits per heavy atom.